The van der Waals surface area contributed by atoms with Gasteiger partial charge in [0.15, 0.2) is 0 Å². The molecule has 21 heavy (non-hydrogen) atoms. The van der Waals surface area contributed by atoms with E-state index in [1.165, 1.54) is 19.3 Å². The Morgan fingerprint density at radius 2 is 1.81 bits per heavy atom. The molecule has 1 fully saturated rings. The molecule has 0 aromatic carbocycles. The predicted molar refractivity (Wildman–Crippen MR) is 92.7 cm³/mol. The monoisotopic (exact) mass is 315 g/mol. The highest BCUT2D eigenvalue weighted by atomic mass is 31.0. The number of carbonyl (C=O) groups is 1. The van der Waals surface area contributed by atoms with Crippen molar-refractivity contribution in [2.75, 3.05) is 13.6 Å². The SMILES string of the molecule is CCC(C)(C)CN(C)C1CCCC(C(=O)NNP)CCC1. The van der Waals surface area contributed by atoms with Gasteiger partial charge in [-0.2, -0.15) is 0 Å². The van der Waals surface area contributed by atoms with E-state index in [1.807, 2.05) is 0 Å². The molecule has 1 saturated carbocycles. The molecule has 1 atom stereocenters. The minimum Gasteiger partial charge on any atom is -0.303 e. The van der Waals surface area contributed by atoms with Crippen molar-refractivity contribution in [2.45, 2.75) is 71.8 Å². The van der Waals surface area contributed by atoms with Crippen LogP contribution in [0.3, 0.4) is 0 Å². The van der Waals surface area contributed by atoms with Crippen molar-refractivity contribution < 1.29 is 4.79 Å². The first-order chi connectivity index (χ1) is 9.89. The van der Waals surface area contributed by atoms with E-state index in [0.717, 1.165) is 32.2 Å². The van der Waals surface area contributed by atoms with Gasteiger partial charge in [0.2, 0.25) is 5.91 Å². The summed E-state index contributed by atoms with van der Waals surface area (Å²) in [6.45, 7) is 8.13. The van der Waals surface area contributed by atoms with Crippen molar-refractivity contribution in [2.24, 2.45) is 11.3 Å². The number of amides is 1. The molecule has 5 heteroatoms. The van der Waals surface area contributed by atoms with Gasteiger partial charge < -0.3 is 4.90 Å². The van der Waals surface area contributed by atoms with Crippen molar-refractivity contribution in [3.05, 3.63) is 0 Å². The lowest BCUT2D eigenvalue weighted by Crippen LogP contribution is -2.40. The van der Waals surface area contributed by atoms with Crippen LogP contribution in [0.25, 0.3) is 0 Å². The van der Waals surface area contributed by atoms with Crippen LogP contribution in [0.15, 0.2) is 0 Å². The Hall–Kier alpha value is -0.180. The molecule has 0 bridgehead atoms. The molecule has 124 valence electrons. The lowest BCUT2D eigenvalue weighted by Gasteiger charge is -2.36. The summed E-state index contributed by atoms with van der Waals surface area (Å²) in [5.74, 6) is 0.320. The maximum Gasteiger partial charge on any atom is 0.237 e. The Morgan fingerprint density at radius 1 is 1.24 bits per heavy atom. The molecule has 4 nitrogen and oxygen atoms in total. The maximum absolute atomic E-state index is 11.9. The molecule has 0 saturated heterocycles. The lowest BCUT2D eigenvalue weighted by atomic mass is 9.86. The highest BCUT2D eigenvalue weighted by molar-refractivity contribution is 7.13. The average Bonchev–Trinajstić information content (AvgIpc) is 2.38. The highest BCUT2D eigenvalue weighted by Gasteiger charge is 2.26. The number of hydrogen-bond acceptors (Lipinski definition) is 3. The summed E-state index contributed by atoms with van der Waals surface area (Å²) in [6.07, 6.45) is 7.98. The van der Waals surface area contributed by atoms with Crippen LogP contribution in [-0.2, 0) is 4.79 Å². The molecular weight excluding hydrogens is 281 g/mol. The minimum atomic E-state index is 0.143. The number of rotatable bonds is 6. The third-order valence-corrected chi connectivity index (χ3v) is 5.15. The zero-order valence-electron chi connectivity index (χ0n) is 14.2. The van der Waals surface area contributed by atoms with Gasteiger partial charge in [0.1, 0.15) is 0 Å². The Labute approximate surface area is 133 Å². The lowest BCUT2D eigenvalue weighted by molar-refractivity contribution is -0.126. The van der Waals surface area contributed by atoms with Gasteiger partial charge >= 0.3 is 0 Å². The molecule has 0 aromatic rings. The molecule has 1 aliphatic rings. The van der Waals surface area contributed by atoms with Crippen LogP contribution in [0.4, 0.5) is 0 Å². The van der Waals surface area contributed by atoms with E-state index >= 15 is 0 Å². The van der Waals surface area contributed by atoms with Crippen molar-refractivity contribution in [3.63, 3.8) is 0 Å². The first-order valence-electron chi connectivity index (χ1n) is 8.35. The van der Waals surface area contributed by atoms with Gasteiger partial charge in [0, 0.05) is 18.5 Å². The van der Waals surface area contributed by atoms with E-state index in [2.05, 4.69) is 52.7 Å². The fourth-order valence-electron chi connectivity index (χ4n) is 3.28. The smallest absolute Gasteiger partial charge is 0.237 e. The second-order valence-corrected chi connectivity index (χ2v) is 7.57. The summed E-state index contributed by atoms with van der Waals surface area (Å²) in [5, 5.41) is 2.67. The van der Waals surface area contributed by atoms with Crippen LogP contribution in [0.1, 0.15) is 65.7 Å². The molecule has 0 aromatic heterocycles. The van der Waals surface area contributed by atoms with Gasteiger partial charge in [0.25, 0.3) is 0 Å². The van der Waals surface area contributed by atoms with Crippen molar-refractivity contribution in [3.8, 4) is 0 Å². The Balaban J connectivity index is 2.45. The average molecular weight is 315 g/mol. The highest BCUT2D eigenvalue weighted by Crippen LogP contribution is 2.28. The number of hydrogen-bond donors (Lipinski definition) is 2. The van der Waals surface area contributed by atoms with Crippen LogP contribution in [0.5, 0.6) is 0 Å². The van der Waals surface area contributed by atoms with Gasteiger partial charge in [-0.15, -0.1) is 0 Å². The van der Waals surface area contributed by atoms with Gasteiger partial charge in [-0.3, -0.25) is 10.2 Å². The van der Waals surface area contributed by atoms with E-state index < -0.39 is 0 Å². The standard InChI is InChI=1S/C16H34N3OP/c1-5-16(2,3)12-19(4)14-10-6-8-13(9-7-11-14)15(20)17-18-21/h13-14,18H,5-12,21H2,1-4H3,(H,17,20). The minimum absolute atomic E-state index is 0.143. The molecule has 1 unspecified atom stereocenters. The first-order valence-corrected chi connectivity index (χ1v) is 8.93. The zero-order valence-corrected chi connectivity index (χ0v) is 15.4. The second-order valence-electron chi connectivity index (χ2n) is 7.28. The van der Waals surface area contributed by atoms with Gasteiger partial charge in [-0.05, 0) is 54.0 Å². The second kappa shape index (κ2) is 9.07. The van der Waals surface area contributed by atoms with E-state index in [9.17, 15) is 4.79 Å². The van der Waals surface area contributed by atoms with Crippen LogP contribution < -0.4 is 10.6 Å². The van der Waals surface area contributed by atoms with Crippen LogP contribution in [-0.4, -0.2) is 30.4 Å². The van der Waals surface area contributed by atoms with E-state index in [-0.39, 0.29) is 11.8 Å². The summed E-state index contributed by atoms with van der Waals surface area (Å²) in [7, 11) is 4.59. The van der Waals surface area contributed by atoms with Crippen LogP contribution >= 0.6 is 9.39 Å². The van der Waals surface area contributed by atoms with Crippen molar-refractivity contribution in [1.29, 1.82) is 0 Å². The summed E-state index contributed by atoms with van der Waals surface area (Å²) in [4.78, 5) is 14.5. The molecule has 2 N–H and O–H groups in total. The number of nitrogens with zero attached hydrogens (tertiary/aromatic N) is 1. The zero-order chi connectivity index (χ0) is 15.9. The van der Waals surface area contributed by atoms with Gasteiger partial charge in [0.05, 0.1) is 0 Å². The topological polar surface area (TPSA) is 44.4 Å². The fourth-order valence-corrected chi connectivity index (χ4v) is 3.42. The Kier molecular flexibility index (Phi) is 8.15. The third kappa shape index (κ3) is 6.63. The molecule has 0 heterocycles. The van der Waals surface area contributed by atoms with Crippen molar-refractivity contribution >= 4 is 15.3 Å². The summed E-state index contributed by atoms with van der Waals surface area (Å²) in [5.41, 5.74) is 3.09. The maximum atomic E-state index is 11.9. The number of carbonyl (C=O) groups excluding carboxylic acids is 1. The molecule has 0 aliphatic heterocycles. The van der Waals surface area contributed by atoms with E-state index in [4.69, 9.17) is 0 Å². The Morgan fingerprint density at radius 3 is 2.29 bits per heavy atom. The quantitative estimate of drug-likeness (QED) is 0.585. The Bertz CT molecular complexity index is 313. The molecular formula is C16H34N3OP. The molecule has 0 spiro atoms. The van der Waals surface area contributed by atoms with E-state index in [0.29, 0.717) is 11.5 Å². The molecule has 1 aliphatic carbocycles. The largest absolute Gasteiger partial charge is 0.303 e. The molecule has 0 radical (unpaired) electrons. The summed E-state index contributed by atoms with van der Waals surface area (Å²) in [6, 6.07) is 0.680. The number of nitrogens with one attached hydrogen (secondary N) is 2. The molecule has 1 amide bonds. The van der Waals surface area contributed by atoms with E-state index in [1.54, 1.807) is 0 Å². The first kappa shape index (κ1) is 18.9. The molecule has 1 rings (SSSR count). The number of hydrazine groups is 1. The van der Waals surface area contributed by atoms with Crippen molar-refractivity contribution in [1.82, 2.24) is 15.5 Å². The summed E-state index contributed by atoms with van der Waals surface area (Å²) < 4.78 is 0. The van der Waals surface area contributed by atoms with Crippen LogP contribution in [0.2, 0.25) is 0 Å². The van der Waals surface area contributed by atoms with Crippen LogP contribution in [0, 0.1) is 11.3 Å². The normalized spacial score (nSPS) is 24.5. The summed E-state index contributed by atoms with van der Waals surface area (Å²) >= 11 is 0. The third-order valence-electron chi connectivity index (χ3n) is 5.00. The van der Waals surface area contributed by atoms with Gasteiger partial charge in [-0.25, -0.2) is 5.20 Å². The van der Waals surface area contributed by atoms with Gasteiger partial charge in [-0.1, -0.05) is 33.6 Å². The fraction of sp³-hybridized carbons (Fsp3) is 0.938. The predicted octanol–water partition coefficient (Wildman–Crippen LogP) is 3.10.